The van der Waals surface area contributed by atoms with E-state index in [2.05, 4.69) is 0 Å². The summed E-state index contributed by atoms with van der Waals surface area (Å²) < 4.78 is 10.1. The summed E-state index contributed by atoms with van der Waals surface area (Å²) in [4.78, 5) is 26.1. The second-order valence-corrected chi connectivity index (χ2v) is 5.94. The zero-order valence-electron chi connectivity index (χ0n) is 12.3. The molecule has 0 unspecified atom stereocenters. The highest BCUT2D eigenvalue weighted by Gasteiger charge is 2.49. The lowest BCUT2D eigenvalue weighted by Gasteiger charge is -2.28. The van der Waals surface area contributed by atoms with Gasteiger partial charge < -0.3 is 14.1 Å². The van der Waals surface area contributed by atoms with Crippen molar-refractivity contribution in [3.8, 4) is 0 Å². The molecule has 2 saturated carbocycles. The van der Waals surface area contributed by atoms with E-state index in [1.165, 1.54) is 7.11 Å². The highest BCUT2D eigenvalue weighted by atomic mass is 16.5. The van der Waals surface area contributed by atoms with Crippen LogP contribution in [0.25, 0.3) is 0 Å². The Kier molecular flexibility index (Phi) is 3.99. The number of nitrogens with zero attached hydrogens (tertiary/aromatic N) is 1. The van der Waals surface area contributed by atoms with Crippen LogP contribution in [0.4, 0.5) is 0 Å². The van der Waals surface area contributed by atoms with E-state index in [1.807, 2.05) is 12.1 Å². The van der Waals surface area contributed by atoms with Crippen molar-refractivity contribution in [1.29, 1.82) is 0 Å². The zero-order valence-corrected chi connectivity index (χ0v) is 12.3. The first kappa shape index (κ1) is 14.2. The predicted molar refractivity (Wildman–Crippen MR) is 75.5 cm³/mol. The number of amides is 1. The number of furan rings is 1. The molecule has 1 aromatic heterocycles. The lowest BCUT2D eigenvalue weighted by molar-refractivity contribution is -0.149. The predicted octanol–water partition coefficient (Wildman–Crippen LogP) is 2.33. The molecule has 1 aromatic rings. The molecule has 5 nitrogen and oxygen atoms in total. The third kappa shape index (κ3) is 2.96. The van der Waals surface area contributed by atoms with E-state index < -0.39 is 0 Å². The van der Waals surface area contributed by atoms with E-state index in [1.54, 1.807) is 11.2 Å². The SMILES string of the molecule is COC(=O)CN(C(=O)[C@@H]1C[C@@H]1c1ccco1)C1CCCC1. The van der Waals surface area contributed by atoms with Crippen LogP contribution in [0.15, 0.2) is 22.8 Å². The Hall–Kier alpha value is -1.78. The standard InChI is InChI=1S/C16H21NO4/c1-20-15(18)10-17(11-5-2-3-6-11)16(19)13-9-12(13)14-7-4-8-21-14/h4,7-8,11-13H,2-3,5-6,9-10H2,1H3/t12-,13+/m0/s1. The van der Waals surface area contributed by atoms with E-state index in [0.717, 1.165) is 37.9 Å². The van der Waals surface area contributed by atoms with Crippen molar-refractivity contribution in [2.45, 2.75) is 44.1 Å². The van der Waals surface area contributed by atoms with Gasteiger partial charge in [0.25, 0.3) is 0 Å². The number of hydrogen-bond acceptors (Lipinski definition) is 4. The maximum Gasteiger partial charge on any atom is 0.325 e. The molecule has 2 atom stereocenters. The van der Waals surface area contributed by atoms with E-state index in [0.29, 0.717) is 0 Å². The van der Waals surface area contributed by atoms with Gasteiger partial charge >= 0.3 is 5.97 Å². The Morgan fingerprint density at radius 1 is 1.38 bits per heavy atom. The first-order valence-electron chi connectivity index (χ1n) is 7.61. The van der Waals surface area contributed by atoms with Gasteiger partial charge in [0.15, 0.2) is 0 Å². The first-order chi connectivity index (χ1) is 10.2. The van der Waals surface area contributed by atoms with Crippen molar-refractivity contribution in [3.05, 3.63) is 24.2 Å². The van der Waals surface area contributed by atoms with Crippen LogP contribution >= 0.6 is 0 Å². The number of esters is 1. The topological polar surface area (TPSA) is 59.8 Å². The average molecular weight is 291 g/mol. The van der Waals surface area contributed by atoms with Gasteiger partial charge in [-0.1, -0.05) is 12.8 Å². The molecule has 0 aromatic carbocycles. The van der Waals surface area contributed by atoms with Crippen LogP contribution in [-0.4, -0.2) is 36.5 Å². The number of methoxy groups -OCH3 is 1. The largest absolute Gasteiger partial charge is 0.469 e. The van der Waals surface area contributed by atoms with Gasteiger partial charge in [0.1, 0.15) is 12.3 Å². The highest BCUT2D eigenvalue weighted by molar-refractivity contribution is 5.86. The number of carbonyl (C=O) groups is 2. The van der Waals surface area contributed by atoms with E-state index in [9.17, 15) is 9.59 Å². The van der Waals surface area contributed by atoms with E-state index in [-0.39, 0.29) is 36.3 Å². The Balaban J connectivity index is 1.68. The summed E-state index contributed by atoms with van der Waals surface area (Å²) in [6.45, 7) is 0.0708. The van der Waals surface area contributed by atoms with Crippen molar-refractivity contribution in [2.24, 2.45) is 5.92 Å². The van der Waals surface area contributed by atoms with Crippen molar-refractivity contribution >= 4 is 11.9 Å². The Morgan fingerprint density at radius 2 is 2.14 bits per heavy atom. The van der Waals surface area contributed by atoms with Gasteiger partial charge in [-0.05, 0) is 31.4 Å². The van der Waals surface area contributed by atoms with Crippen LogP contribution in [0, 0.1) is 5.92 Å². The van der Waals surface area contributed by atoms with Crippen LogP contribution < -0.4 is 0 Å². The Morgan fingerprint density at radius 3 is 2.76 bits per heavy atom. The van der Waals surface area contributed by atoms with Crippen molar-refractivity contribution in [3.63, 3.8) is 0 Å². The minimum atomic E-state index is -0.342. The van der Waals surface area contributed by atoms with Crippen molar-refractivity contribution < 1.29 is 18.7 Å². The minimum Gasteiger partial charge on any atom is -0.469 e. The van der Waals surface area contributed by atoms with Crippen molar-refractivity contribution in [2.75, 3.05) is 13.7 Å². The molecule has 21 heavy (non-hydrogen) atoms. The smallest absolute Gasteiger partial charge is 0.325 e. The lowest BCUT2D eigenvalue weighted by atomic mass is 10.1. The molecule has 2 aliphatic rings. The monoisotopic (exact) mass is 291 g/mol. The molecule has 114 valence electrons. The van der Waals surface area contributed by atoms with Gasteiger partial charge in [0, 0.05) is 17.9 Å². The molecule has 0 saturated heterocycles. The average Bonchev–Trinajstić information content (AvgIpc) is 2.94. The second-order valence-electron chi connectivity index (χ2n) is 5.94. The fourth-order valence-corrected chi connectivity index (χ4v) is 3.30. The van der Waals surface area contributed by atoms with Crippen LogP contribution in [-0.2, 0) is 14.3 Å². The highest BCUT2D eigenvalue weighted by Crippen LogP contribution is 2.49. The lowest BCUT2D eigenvalue weighted by Crippen LogP contribution is -2.43. The minimum absolute atomic E-state index is 0.0404. The maximum absolute atomic E-state index is 12.7. The van der Waals surface area contributed by atoms with Crippen molar-refractivity contribution in [1.82, 2.24) is 4.90 Å². The Bertz CT molecular complexity index is 504. The molecule has 2 fully saturated rings. The summed E-state index contributed by atoms with van der Waals surface area (Å²) >= 11 is 0. The number of ether oxygens (including phenoxy) is 1. The number of carbonyl (C=O) groups excluding carboxylic acids is 2. The fourth-order valence-electron chi connectivity index (χ4n) is 3.30. The molecule has 0 N–H and O–H groups in total. The quantitative estimate of drug-likeness (QED) is 0.781. The normalized spacial score (nSPS) is 24.8. The third-order valence-electron chi connectivity index (χ3n) is 4.59. The molecule has 3 rings (SSSR count). The molecule has 0 aliphatic heterocycles. The number of hydrogen-bond donors (Lipinski definition) is 0. The molecule has 2 aliphatic carbocycles. The van der Waals surface area contributed by atoms with Crippen LogP contribution in [0.5, 0.6) is 0 Å². The molecule has 0 radical (unpaired) electrons. The van der Waals surface area contributed by atoms with Gasteiger partial charge in [-0.25, -0.2) is 0 Å². The molecular formula is C16H21NO4. The molecule has 5 heteroatoms. The van der Waals surface area contributed by atoms with Crippen LogP contribution in [0.3, 0.4) is 0 Å². The summed E-state index contributed by atoms with van der Waals surface area (Å²) in [5.74, 6) is 0.743. The van der Waals surface area contributed by atoms with Gasteiger partial charge in [0.05, 0.1) is 13.4 Å². The molecule has 1 amide bonds. The fraction of sp³-hybridized carbons (Fsp3) is 0.625. The van der Waals surface area contributed by atoms with Gasteiger partial charge in [-0.15, -0.1) is 0 Å². The maximum atomic E-state index is 12.7. The molecule has 1 heterocycles. The Labute approximate surface area is 124 Å². The van der Waals surface area contributed by atoms with Gasteiger partial charge in [0.2, 0.25) is 5.91 Å². The van der Waals surface area contributed by atoms with Gasteiger partial charge in [-0.3, -0.25) is 9.59 Å². The molecule has 0 bridgehead atoms. The number of rotatable bonds is 5. The zero-order chi connectivity index (χ0) is 14.8. The molecule has 0 spiro atoms. The summed E-state index contributed by atoms with van der Waals surface area (Å²) in [6, 6.07) is 3.95. The van der Waals surface area contributed by atoms with Crippen LogP contribution in [0.2, 0.25) is 0 Å². The summed E-state index contributed by atoms with van der Waals surface area (Å²) in [5.41, 5.74) is 0. The van der Waals surface area contributed by atoms with E-state index in [4.69, 9.17) is 9.15 Å². The summed E-state index contributed by atoms with van der Waals surface area (Å²) in [6.07, 6.45) is 6.68. The summed E-state index contributed by atoms with van der Waals surface area (Å²) in [5, 5.41) is 0. The first-order valence-corrected chi connectivity index (χ1v) is 7.61. The summed E-state index contributed by atoms with van der Waals surface area (Å²) in [7, 11) is 1.36. The third-order valence-corrected chi connectivity index (χ3v) is 4.59. The molecular weight excluding hydrogens is 270 g/mol. The second kappa shape index (κ2) is 5.92. The van der Waals surface area contributed by atoms with Gasteiger partial charge in [-0.2, -0.15) is 0 Å². The van der Waals surface area contributed by atoms with E-state index >= 15 is 0 Å². The van der Waals surface area contributed by atoms with Crippen LogP contribution in [0.1, 0.15) is 43.8 Å².